The fourth-order valence-corrected chi connectivity index (χ4v) is 2.74. The van der Waals surface area contributed by atoms with Crippen LogP contribution in [0.3, 0.4) is 0 Å². The van der Waals surface area contributed by atoms with Crippen molar-refractivity contribution < 1.29 is 18.0 Å². The maximum Gasteiger partial charge on any atom is 0.389 e. The van der Waals surface area contributed by atoms with Gasteiger partial charge in [0.05, 0.1) is 6.33 Å². The Morgan fingerprint density at radius 3 is 2.75 bits per heavy atom. The number of amides is 1. The lowest BCUT2D eigenvalue weighted by Gasteiger charge is -2.32. The molecule has 2 rings (SSSR count). The maximum atomic E-state index is 12.5. The van der Waals surface area contributed by atoms with Crippen LogP contribution in [0.4, 0.5) is 13.2 Å². The molecule has 0 unspecified atom stereocenters. The van der Waals surface area contributed by atoms with Crippen molar-refractivity contribution in [2.75, 3.05) is 0 Å². The number of alkyl halides is 3. The lowest BCUT2D eigenvalue weighted by Crippen LogP contribution is -2.44. The van der Waals surface area contributed by atoms with Gasteiger partial charge in [0, 0.05) is 24.9 Å². The third-order valence-corrected chi connectivity index (χ3v) is 3.63. The number of imidazole rings is 1. The normalized spacial score (nSPS) is 23.6. The van der Waals surface area contributed by atoms with Crippen molar-refractivity contribution in [3.8, 4) is 0 Å². The van der Waals surface area contributed by atoms with Gasteiger partial charge in [0.25, 0.3) is 0 Å². The van der Waals surface area contributed by atoms with Gasteiger partial charge in [-0.15, -0.1) is 0 Å². The molecule has 1 aromatic rings. The molecule has 1 heterocycles. The van der Waals surface area contributed by atoms with Crippen LogP contribution in [0.15, 0.2) is 18.7 Å². The highest BCUT2D eigenvalue weighted by atomic mass is 19.4. The van der Waals surface area contributed by atoms with E-state index in [2.05, 4.69) is 10.3 Å². The van der Waals surface area contributed by atoms with Gasteiger partial charge in [0.2, 0.25) is 5.91 Å². The van der Waals surface area contributed by atoms with E-state index in [1.807, 2.05) is 0 Å². The molecule has 20 heavy (non-hydrogen) atoms. The van der Waals surface area contributed by atoms with Gasteiger partial charge in [0.15, 0.2) is 0 Å². The molecule has 1 aliphatic rings. The van der Waals surface area contributed by atoms with E-state index in [-0.39, 0.29) is 18.5 Å². The van der Waals surface area contributed by atoms with Crippen LogP contribution < -0.4 is 5.32 Å². The second-order valence-corrected chi connectivity index (χ2v) is 5.27. The highest BCUT2D eigenvalue weighted by Crippen LogP contribution is 2.34. The Hall–Kier alpha value is -1.53. The number of halogens is 3. The molecule has 1 aromatic heterocycles. The summed E-state index contributed by atoms with van der Waals surface area (Å²) in [6, 6.07) is -0.374. The predicted octanol–water partition coefficient (Wildman–Crippen LogP) is 2.51. The molecule has 0 aromatic carbocycles. The third kappa shape index (κ3) is 4.54. The Morgan fingerprint density at radius 2 is 2.10 bits per heavy atom. The first-order chi connectivity index (χ1) is 9.44. The molecule has 0 saturated heterocycles. The van der Waals surface area contributed by atoms with E-state index in [1.165, 1.54) is 6.33 Å². The monoisotopic (exact) mass is 289 g/mol. The van der Waals surface area contributed by atoms with Crippen LogP contribution in [0, 0.1) is 5.92 Å². The molecule has 1 amide bonds. The first-order valence-corrected chi connectivity index (χ1v) is 6.76. The van der Waals surface area contributed by atoms with E-state index >= 15 is 0 Å². The minimum absolute atomic E-state index is 0.0925. The Morgan fingerprint density at radius 1 is 1.35 bits per heavy atom. The molecule has 4 nitrogen and oxygen atoms in total. The molecule has 112 valence electrons. The predicted molar refractivity (Wildman–Crippen MR) is 66.8 cm³/mol. The van der Waals surface area contributed by atoms with E-state index in [0.717, 1.165) is 12.8 Å². The first kappa shape index (κ1) is 14.9. The quantitative estimate of drug-likeness (QED) is 0.925. The second kappa shape index (κ2) is 6.28. The highest BCUT2D eigenvalue weighted by Gasteiger charge is 2.37. The first-order valence-electron chi connectivity index (χ1n) is 6.76. The standard InChI is InChI=1S/C13H18F3N3O/c14-13(15,16)7-10-3-1-2-4-11(10)18-12(20)8-19-6-5-17-9-19/h5-6,9-11H,1-4,7-8H2,(H,18,20)/t10-,11-/m0/s1. The summed E-state index contributed by atoms with van der Waals surface area (Å²) in [4.78, 5) is 15.7. The third-order valence-electron chi connectivity index (χ3n) is 3.63. The van der Waals surface area contributed by atoms with Crippen LogP contribution in [-0.2, 0) is 11.3 Å². The van der Waals surface area contributed by atoms with Gasteiger partial charge in [-0.3, -0.25) is 4.79 Å². The van der Waals surface area contributed by atoms with Crippen LogP contribution in [0.1, 0.15) is 32.1 Å². The average molecular weight is 289 g/mol. The van der Waals surface area contributed by atoms with Gasteiger partial charge in [0.1, 0.15) is 6.54 Å². The van der Waals surface area contributed by atoms with E-state index in [1.54, 1.807) is 17.0 Å². The summed E-state index contributed by atoms with van der Waals surface area (Å²) in [5, 5.41) is 2.74. The molecule has 1 aliphatic carbocycles. The number of hydrogen-bond acceptors (Lipinski definition) is 2. The Labute approximate surface area is 115 Å². The van der Waals surface area contributed by atoms with E-state index in [0.29, 0.717) is 12.8 Å². The summed E-state index contributed by atoms with van der Waals surface area (Å²) in [6.07, 6.45) is 2.53. The van der Waals surface area contributed by atoms with Crippen molar-refractivity contribution in [3.05, 3.63) is 18.7 Å². The Balaban J connectivity index is 1.89. The lowest BCUT2D eigenvalue weighted by molar-refractivity contribution is -0.150. The number of aromatic nitrogens is 2. The van der Waals surface area contributed by atoms with Gasteiger partial charge < -0.3 is 9.88 Å². The molecule has 2 atom stereocenters. The lowest BCUT2D eigenvalue weighted by atomic mass is 9.82. The van der Waals surface area contributed by atoms with Crippen LogP contribution in [0.2, 0.25) is 0 Å². The van der Waals surface area contributed by atoms with Crippen LogP contribution in [0.25, 0.3) is 0 Å². The summed E-state index contributed by atoms with van der Waals surface area (Å²) >= 11 is 0. The fourth-order valence-electron chi connectivity index (χ4n) is 2.74. The summed E-state index contributed by atoms with van der Waals surface area (Å²) in [5.74, 6) is -0.766. The summed E-state index contributed by atoms with van der Waals surface area (Å²) in [6.45, 7) is 0.0925. The second-order valence-electron chi connectivity index (χ2n) is 5.27. The molecular formula is C13H18F3N3O. The van der Waals surface area contributed by atoms with Crippen molar-refractivity contribution in [1.82, 2.24) is 14.9 Å². The van der Waals surface area contributed by atoms with Gasteiger partial charge in [-0.2, -0.15) is 13.2 Å². The Kier molecular flexibility index (Phi) is 4.67. The van der Waals surface area contributed by atoms with Crippen molar-refractivity contribution >= 4 is 5.91 Å². The maximum absolute atomic E-state index is 12.5. The van der Waals surface area contributed by atoms with Gasteiger partial charge in [-0.1, -0.05) is 12.8 Å². The van der Waals surface area contributed by atoms with Crippen molar-refractivity contribution in [2.45, 2.75) is 50.9 Å². The van der Waals surface area contributed by atoms with Gasteiger partial charge >= 0.3 is 6.18 Å². The molecule has 1 N–H and O–H groups in total. The van der Waals surface area contributed by atoms with Crippen molar-refractivity contribution in [3.63, 3.8) is 0 Å². The molecule has 0 bridgehead atoms. The smallest absolute Gasteiger partial charge is 0.352 e. The van der Waals surface area contributed by atoms with Crippen LogP contribution in [-0.4, -0.2) is 27.7 Å². The number of carbonyl (C=O) groups excluding carboxylic acids is 1. The molecule has 0 radical (unpaired) electrons. The van der Waals surface area contributed by atoms with Crippen LogP contribution >= 0.6 is 0 Å². The molecule has 1 fully saturated rings. The topological polar surface area (TPSA) is 46.9 Å². The van der Waals surface area contributed by atoms with E-state index < -0.39 is 18.5 Å². The molecule has 0 spiro atoms. The van der Waals surface area contributed by atoms with E-state index in [9.17, 15) is 18.0 Å². The summed E-state index contributed by atoms with van der Waals surface area (Å²) in [7, 11) is 0. The fraction of sp³-hybridized carbons (Fsp3) is 0.692. The number of nitrogens with zero attached hydrogens (tertiary/aromatic N) is 2. The van der Waals surface area contributed by atoms with Gasteiger partial charge in [-0.25, -0.2) is 4.98 Å². The number of nitrogens with one attached hydrogen (secondary N) is 1. The van der Waals surface area contributed by atoms with Crippen LogP contribution in [0.5, 0.6) is 0 Å². The van der Waals surface area contributed by atoms with E-state index in [4.69, 9.17) is 0 Å². The zero-order valence-electron chi connectivity index (χ0n) is 11.1. The molecule has 0 aliphatic heterocycles. The molecule has 1 saturated carbocycles. The SMILES string of the molecule is O=C(Cn1ccnc1)N[C@H]1CCCC[C@H]1CC(F)(F)F. The number of carbonyl (C=O) groups is 1. The summed E-state index contributed by atoms with van der Waals surface area (Å²) in [5.41, 5.74) is 0. The zero-order chi connectivity index (χ0) is 14.6. The Bertz CT molecular complexity index is 431. The van der Waals surface area contributed by atoms with Crippen molar-refractivity contribution in [2.24, 2.45) is 5.92 Å². The minimum atomic E-state index is -4.17. The molecular weight excluding hydrogens is 271 g/mol. The largest absolute Gasteiger partial charge is 0.389 e. The zero-order valence-corrected chi connectivity index (χ0v) is 11.1. The molecule has 7 heteroatoms. The van der Waals surface area contributed by atoms with Crippen molar-refractivity contribution in [1.29, 1.82) is 0 Å². The minimum Gasteiger partial charge on any atom is -0.352 e. The highest BCUT2D eigenvalue weighted by molar-refractivity contribution is 5.76. The summed E-state index contributed by atoms with van der Waals surface area (Å²) < 4.78 is 39.2. The van der Waals surface area contributed by atoms with Gasteiger partial charge in [-0.05, 0) is 18.8 Å². The average Bonchev–Trinajstić information content (AvgIpc) is 2.82. The number of hydrogen-bond donors (Lipinski definition) is 1. The number of rotatable bonds is 4.